The monoisotopic (exact) mass is 397 g/mol. The van der Waals surface area contributed by atoms with E-state index in [4.69, 9.17) is 0 Å². The number of carbonyl (C=O) groups excluding carboxylic acids is 1. The number of aliphatic hydroxyl groups excluding tert-OH is 1. The number of fused-ring (bicyclic) bond motifs is 1. The van der Waals surface area contributed by atoms with Gasteiger partial charge in [-0.25, -0.2) is 9.97 Å². The van der Waals surface area contributed by atoms with Gasteiger partial charge in [-0.2, -0.15) is 0 Å². The fourth-order valence-electron chi connectivity index (χ4n) is 3.55. The minimum atomic E-state index is -0.291. The van der Waals surface area contributed by atoms with E-state index in [0.717, 1.165) is 40.9 Å². The molecule has 8 heteroatoms. The van der Waals surface area contributed by atoms with Gasteiger partial charge in [0.1, 0.15) is 5.82 Å². The number of aromatic nitrogens is 2. The lowest BCUT2D eigenvalue weighted by Crippen LogP contribution is -2.31. The van der Waals surface area contributed by atoms with Crippen LogP contribution in [0.2, 0.25) is 0 Å². The number of nitrogens with zero attached hydrogens (tertiary/aromatic N) is 2. The number of hydrogen-bond donors (Lipinski definition) is 4. The molecule has 0 saturated heterocycles. The zero-order chi connectivity index (χ0) is 19.5. The van der Waals surface area contributed by atoms with E-state index < -0.39 is 0 Å². The average Bonchev–Trinajstić information content (AvgIpc) is 3.15. The van der Waals surface area contributed by atoms with Gasteiger partial charge in [0.25, 0.3) is 5.91 Å². The molecule has 0 aliphatic heterocycles. The first-order valence-corrected chi connectivity index (χ1v) is 10.3. The standard InChI is InChI=1S/C20H23N5O2S/c1-21-20(27)15-10-22-19(9-17(15)24-12-3-2-4-14(26)7-12)25-13-5-6-16-18(8-13)28-11-23-16/h5-6,8-12,14,26H,2-4,7H2,1H3,(H,21,27)(H2,22,24,25)/t12-,14+/m0/s1. The van der Waals surface area contributed by atoms with Crippen LogP contribution in [0.1, 0.15) is 36.0 Å². The van der Waals surface area contributed by atoms with E-state index in [0.29, 0.717) is 17.8 Å². The third-order valence-electron chi connectivity index (χ3n) is 4.99. The van der Waals surface area contributed by atoms with Crippen LogP contribution in [-0.4, -0.2) is 40.2 Å². The third-order valence-corrected chi connectivity index (χ3v) is 5.78. The van der Waals surface area contributed by atoms with Crippen molar-refractivity contribution in [3.8, 4) is 0 Å². The van der Waals surface area contributed by atoms with Gasteiger partial charge in [0, 0.05) is 31.0 Å². The van der Waals surface area contributed by atoms with Crippen molar-refractivity contribution < 1.29 is 9.90 Å². The summed E-state index contributed by atoms with van der Waals surface area (Å²) >= 11 is 1.59. The molecule has 2 atom stereocenters. The maximum atomic E-state index is 12.3. The number of benzene rings is 1. The molecule has 28 heavy (non-hydrogen) atoms. The smallest absolute Gasteiger partial charge is 0.254 e. The second-order valence-corrected chi connectivity index (χ2v) is 7.90. The summed E-state index contributed by atoms with van der Waals surface area (Å²) in [6.45, 7) is 0. The van der Waals surface area contributed by atoms with E-state index in [1.165, 1.54) is 0 Å². The Morgan fingerprint density at radius 1 is 1.25 bits per heavy atom. The summed E-state index contributed by atoms with van der Waals surface area (Å²) in [6.07, 6.45) is 4.74. The van der Waals surface area contributed by atoms with E-state index in [1.54, 1.807) is 24.6 Å². The number of aliphatic hydroxyl groups is 1. The Bertz CT molecular complexity index is 990. The zero-order valence-corrected chi connectivity index (χ0v) is 16.4. The molecule has 3 aromatic rings. The topological polar surface area (TPSA) is 99.2 Å². The largest absolute Gasteiger partial charge is 0.393 e. The average molecular weight is 398 g/mol. The summed E-state index contributed by atoms with van der Waals surface area (Å²) in [6, 6.07) is 7.95. The van der Waals surface area contributed by atoms with Crippen LogP contribution < -0.4 is 16.0 Å². The molecule has 1 saturated carbocycles. The summed E-state index contributed by atoms with van der Waals surface area (Å²) in [4.78, 5) is 21.0. The highest BCUT2D eigenvalue weighted by Gasteiger charge is 2.22. The number of pyridine rings is 1. The highest BCUT2D eigenvalue weighted by atomic mass is 32.1. The fraction of sp³-hybridized carbons (Fsp3) is 0.350. The van der Waals surface area contributed by atoms with Crippen molar-refractivity contribution in [3.63, 3.8) is 0 Å². The van der Waals surface area contributed by atoms with Gasteiger partial charge in [0.05, 0.1) is 33.1 Å². The molecule has 1 aromatic carbocycles. The third kappa shape index (κ3) is 4.07. The molecule has 1 aliphatic carbocycles. The molecule has 1 amide bonds. The van der Waals surface area contributed by atoms with E-state index in [1.807, 2.05) is 29.8 Å². The molecule has 4 rings (SSSR count). The number of rotatable bonds is 5. The Morgan fingerprint density at radius 2 is 2.14 bits per heavy atom. The fourth-order valence-corrected chi connectivity index (χ4v) is 4.27. The molecule has 4 N–H and O–H groups in total. The maximum absolute atomic E-state index is 12.3. The molecular weight excluding hydrogens is 374 g/mol. The van der Waals surface area contributed by atoms with Crippen molar-refractivity contribution in [2.75, 3.05) is 17.7 Å². The molecule has 146 valence electrons. The van der Waals surface area contributed by atoms with Crippen molar-refractivity contribution >= 4 is 44.7 Å². The summed E-state index contributed by atoms with van der Waals surface area (Å²) in [5.74, 6) is 0.458. The van der Waals surface area contributed by atoms with Crippen LogP contribution in [-0.2, 0) is 0 Å². The predicted molar refractivity (Wildman–Crippen MR) is 112 cm³/mol. The van der Waals surface area contributed by atoms with E-state index >= 15 is 0 Å². The van der Waals surface area contributed by atoms with Crippen LogP contribution in [0.15, 0.2) is 36.0 Å². The lowest BCUT2D eigenvalue weighted by Gasteiger charge is -2.28. The Kier molecular flexibility index (Phi) is 5.40. The number of anilines is 3. The molecule has 0 radical (unpaired) electrons. The Morgan fingerprint density at radius 3 is 2.96 bits per heavy atom. The summed E-state index contributed by atoms with van der Waals surface area (Å²) in [5.41, 5.74) is 4.92. The predicted octanol–water partition coefficient (Wildman–Crippen LogP) is 3.51. The van der Waals surface area contributed by atoms with Gasteiger partial charge in [-0.1, -0.05) is 0 Å². The Hall–Kier alpha value is -2.71. The summed E-state index contributed by atoms with van der Waals surface area (Å²) in [7, 11) is 1.60. The molecule has 0 unspecified atom stereocenters. The lowest BCUT2D eigenvalue weighted by atomic mass is 9.92. The minimum absolute atomic E-state index is 0.135. The first-order chi connectivity index (χ1) is 13.6. The van der Waals surface area contributed by atoms with Gasteiger partial charge < -0.3 is 21.1 Å². The normalized spacial score (nSPS) is 19.4. The minimum Gasteiger partial charge on any atom is -0.393 e. The van der Waals surface area contributed by atoms with Crippen LogP contribution in [0.3, 0.4) is 0 Å². The molecule has 2 aromatic heterocycles. The van der Waals surface area contributed by atoms with Crippen molar-refractivity contribution in [3.05, 3.63) is 41.5 Å². The molecule has 2 heterocycles. The second-order valence-electron chi connectivity index (χ2n) is 7.02. The van der Waals surface area contributed by atoms with Crippen LogP contribution in [0, 0.1) is 0 Å². The van der Waals surface area contributed by atoms with Gasteiger partial charge >= 0.3 is 0 Å². The van der Waals surface area contributed by atoms with Crippen molar-refractivity contribution in [2.45, 2.75) is 37.8 Å². The van der Waals surface area contributed by atoms with E-state index in [-0.39, 0.29) is 18.1 Å². The number of amides is 1. The molecule has 0 bridgehead atoms. The zero-order valence-electron chi connectivity index (χ0n) is 15.6. The van der Waals surface area contributed by atoms with E-state index in [9.17, 15) is 9.90 Å². The second kappa shape index (κ2) is 8.12. The van der Waals surface area contributed by atoms with Gasteiger partial charge in [-0.3, -0.25) is 4.79 Å². The van der Waals surface area contributed by atoms with Crippen LogP contribution in [0.4, 0.5) is 17.2 Å². The summed E-state index contributed by atoms with van der Waals surface area (Å²) in [5, 5.41) is 19.4. The van der Waals surface area contributed by atoms with Gasteiger partial charge in [-0.15, -0.1) is 11.3 Å². The Balaban J connectivity index is 1.59. The number of hydrogen-bond acceptors (Lipinski definition) is 7. The maximum Gasteiger partial charge on any atom is 0.254 e. The van der Waals surface area contributed by atoms with Crippen LogP contribution >= 0.6 is 11.3 Å². The van der Waals surface area contributed by atoms with Gasteiger partial charge in [-0.05, 0) is 43.9 Å². The number of nitrogens with one attached hydrogen (secondary N) is 3. The highest BCUT2D eigenvalue weighted by molar-refractivity contribution is 7.16. The molecular formula is C20H23N5O2S. The molecule has 7 nitrogen and oxygen atoms in total. The van der Waals surface area contributed by atoms with E-state index in [2.05, 4.69) is 25.9 Å². The number of thiazole rings is 1. The quantitative estimate of drug-likeness (QED) is 0.526. The molecule has 1 aliphatic rings. The van der Waals surface area contributed by atoms with Crippen molar-refractivity contribution in [1.82, 2.24) is 15.3 Å². The Labute approximate surface area is 167 Å². The number of carbonyl (C=O) groups is 1. The SMILES string of the molecule is CNC(=O)c1cnc(Nc2ccc3ncsc3c2)cc1N[C@H]1CCC[C@@H](O)C1. The van der Waals surface area contributed by atoms with Crippen LogP contribution in [0.25, 0.3) is 10.2 Å². The van der Waals surface area contributed by atoms with Gasteiger partial charge in [0.15, 0.2) is 0 Å². The van der Waals surface area contributed by atoms with Crippen LogP contribution in [0.5, 0.6) is 0 Å². The molecule has 1 fully saturated rings. The first kappa shape index (κ1) is 18.6. The van der Waals surface area contributed by atoms with Gasteiger partial charge in [0.2, 0.25) is 0 Å². The van der Waals surface area contributed by atoms with Crippen molar-refractivity contribution in [2.24, 2.45) is 0 Å². The summed E-state index contributed by atoms with van der Waals surface area (Å²) < 4.78 is 1.10. The highest BCUT2D eigenvalue weighted by Crippen LogP contribution is 2.28. The molecule has 0 spiro atoms. The first-order valence-electron chi connectivity index (χ1n) is 9.39. The van der Waals surface area contributed by atoms with Crippen molar-refractivity contribution in [1.29, 1.82) is 0 Å². The lowest BCUT2D eigenvalue weighted by molar-refractivity contribution is 0.0963.